The fourth-order valence-corrected chi connectivity index (χ4v) is 4.23. The molecule has 172 valence electrons. The number of hydrogen-bond acceptors (Lipinski definition) is 3. The zero-order valence-corrected chi connectivity index (χ0v) is 20.4. The molecule has 3 rings (SSSR count). The molecule has 0 spiro atoms. The van der Waals surface area contributed by atoms with Crippen molar-refractivity contribution in [2.75, 3.05) is 6.61 Å². The standard InChI is InChI=1S/C25H30BrFN2O3/c1-16-12-21(13-17(2)24(16)26)32-15-23(30)29(14-19-8-4-7-11-22(19)27)18(3)25(31)28-20-9-5-6-10-20/h4,7-8,11-13,18,20H,5-6,9-10,14-15H2,1-3H3,(H,28,31)/t18-/m1/s1. The first-order valence-electron chi connectivity index (χ1n) is 11.0. The number of carbonyl (C=O) groups is 2. The largest absolute Gasteiger partial charge is 0.484 e. The number of halogens is 2. The summed E-state index contributed by atoms with van der Waals surface area (Å²) in [4.78, 5) is 27.4. The second kappa shape index (κ2) is 10.9. The van der Waals surface area contributed by atoms with Crippen molar-refractivity contribution in [3.8, 4) is 5.75 Å². The molecule has 2 aromatic rings. The molecule has 32 heavy (non-hydrogen) atoms. The van der Waals surface area contributed by atoms with Crippen LogP contribution in [-0.2, 0) is 16.1 Å². The third kappa shape index (κ3) is 6.09. The van der Waals surface area contributed by atoms with Crippen LogP contribution in [0.3, 0.4) is 0 Å². The van der Waals surface area contributed by atoms with Crippen molar-refractivity contribution >= 4 is 27.7 Å². The Bertz CT molecular complexity index is 952. The molecule has 1 atom stereocenters. The van der Waals surface area contributed by atoms with Gasteiger partial charge in [0.15, 0.2) is 6.61 Å². The molecule has 1 aliphatic carbocycles. The Morgan fingerprint density at radius 2 is 1.81 bits per heavy atom. The molecule has 0 aromatic heterocycles. The molecule has 0 aliphatic heterocycles. The first-order chi connectivity index (χ1) is 15.3. The fraction of sp³-hybridized carbons (Fsp3) is 0.440. The monoisotopic (exact) mass is 504 g/mol. The van der Waals surface area contributed by atoms with Crippen molar-refractivity contribution < 1.29 is 18.7 Å². The zero-order chi connectivity index (χ0) is 23.3. The van der Waals surface area contributed by atoms with Crippen LogP contribution in [-0.4, -0.2) is 35.4 Å². The lowest BCUT2D eigenvalue weighted by Gasteiger charge is -2.29. The molecule has 0 heterocycles. The fourth-order valence-electron chi connectivity index (χ4n) is 4.00. The normalized spacial score (nSPS) is 14.8. The summed E-state index contributed by atoms with van der Waals surface area (Å²) in [6, 6.07) is 9.38. The maximum Gasteiger partial charge on any atom is 0.261 e. The van der Waals surface area contributed by atoms with E-state index in [0.29, 0.717) is 11.3 Å². The van der Waals surface area contributed by atoms with Crippen molar-refractivity contribution in [2.24, 2.45) is 0 Å². The van der Waals surface area contributed by atoms with Gasteiger partial charge < -0.3 is 15.0 Å². The molecule has 2 aromatic carbocycles. The number of amides is 2. The third-order valence-corrected chi connectivity index (χ3v) is 7.19. The lowest BCUT2D eigenvalue weighted by Crippen LogP contribution is -2.50. The average Bonchev–Trinajstić information content (AvgIpc) is 3.27. The van der Waals surface area contributed by atoms with Gasteiger partial charge in [0.2, 0.25) is 5.91 Å². The van der Waals surface area contributed by atoms with E-state index in [2.05, 4.69) is 21.2 Å². The minimum atomic E-state index is -0.750. The number of aryl methyl sites for hydroxylation is 2. The van der Waals surface area contributed by atoms with Gasteiger partial charge in [-0.05, 0) is 62.9 Å². The molecule has 0 unspecified atom stereocenters. The van der Waals surface area contributed by atoms with E-state index in [4.69, 9.17) is 4.74 Å². The van der Waals surface area contributed by atoms with Crippen molar-refractivity contribution in [2.45, 2.75) is 65.1 Å². The van der Waals surface area contributed by atoms with E-state index in [1.165, 1.54) is 11.0 Å². The molecule has 7 heteroatoms. The van der Waals surface area contributed by atoms with Crippen LogP contribution < -0.4 is 10.1 Å². The maximum atomic E-state index is 14.3. The number of nitrogens with zero attached hydrogens (tertiary/aromatic N) is 1. The Morgan fingerprint density at radius 1 is 1.19 bits per heavy atom. The Hall–Kier alpha value is -2.41. The summed E-state index contributed by atoms with van der Waals surface area (Å²) in [5.74, 6) is -0.434. The summed E-state index contributed by atoms with van der Waals surface area (Å²) in [6.45, 7) is 5.33. The third-order valence-electron chi connectivity index (χ3n) is 5.94. The van der Waals surface area contributed by atoms with Gasteiger partial charge in [0.05, 0.1) is 0 Å². The quantitative estimate of drug-likeness (QED) is 0.546. The van der Waals surface area contributed by atoms with Crippen molar-refractivity contribution in [3.05, 3.63) is 63.4 Å². The van der Waals surface area contributed by atoms with E-state index >= 15 is 0 Å². The second-order valence-electron chi connectivity index (χ2n) is 8.44. The molecule has 1 fully saturated rings. The second-order valence-corrected chi connectivity index (χ2v) is 9.23. The smallest absolute Gasteiger partial charge is 0.261 e. The van der Waals surface area contributed by atoms with Crippen molar-refractivity contribution in [1.29, 1.82) is 0 Å². The van der Waals surface area contributed by atoms with Gasteiger partial charge in [-0.2, -0.15) is 0 Å². The lowest BCUT2D eigenvalue weighted by atomic mass is 10.1. The summed E-state index contributed by atoms with van der Waals surface area (Å²) >= 11 is 3.52. The molecular weight excluding hydrogens is 475 g/mol. The van der Waals surface area contributed by atoms with Crippen LogP contribution >= 0.6 is 15.9 Å². The molecule has 5 nitrogen and oxygen atoms in total. The zero-order valence-electron chi connectivity index (χ0n) is 18.8. The van der Waals surface area contributed by atoms with E-state index in [9.17, 15) is 14.0 Å². The van der Waals surface area contributed by atoms with Gasteiger partial charge in [-0.15, -0.1) is 0 Å². The van der Waals surface area contributed by atoms with Gasteiger partial charge in [-0.3, -0.25) is 9.59 Å². The SMILES string of the molecule is Cc1cc(OCC(=O)N(Cc2ccccc2F)[C@H](C)C(=O)NC2CCCC2)cc(C)c1Br. The van der Waals surface area contributed by atoms with E-state index < -0.39 is 11.9 Å². The molecule has 0 saturated heterocycles. The Kier molecular flexibility index (Phi) is 8.29. The summed E-state index contributed by atoms with van der Waals surface area (Å²) in [6.07, 6.45) is 4.09. The molecule has 2 amide bonds. The number of nitrogens with one attached hydrogen (secondary N) is 1. The Balaban J connectivity index is 1.75. The average molecular weight is 505 g/mol. The summed E-state index contributed by atoms with van der Waals surface area (Å²) in [5, 5.41) is 3.04. The number of rotatable bonds is 8. The summed E-state index contributed by atoms with van der Waals surface area (Å²) in [7, 11) is 0. The van der Waals surface area contributed by atoms with Gasteiger partial charge in [-0.1, -0.05) is 47.0 Å². The topological polar surface area (TPSA) is 58.6 Å². The van der Waals surface area contributed by atoms with E-state index in [1.54, 1.807) is 25.1 Å². The van der Waals surface area contributed by atoms with E-state index in [0.717, 1.165) is 41.3 Å². The number of carbonyl (C=O) groups excluding carboxylic acids is 2. The van der Waals surface area contributed by atoms with Gasteiger partial charge in [0.25, 0.3) is 5.91 Å². The summed E-state index contributed by atoms with van der Waals surface area (Å²) in [5.41, 5.74) is 2.36. The van der Waals surface area contributed by atoms with Crippen LogP contribution in [0, 0.1) is 19.7 Å². The van der Waals surface area contributed by atoms with Gasteiger partial charge in [-0.25, -0.2) is 4.39 Å². The van der Waals surface area contributed by atoms with E-state index in [-0.39, 0.29) is 31.0 Å². The Morgan fingerprint density at radius 3 is 2.44 bits per heavy atom. The highest BCUT2D eigenvalue weighted by atomic mass is 79.9. The molecule has 1 saturated carbocycles. The summed E-state index contributed by atoms with van der Waals surface area (Å²) < 4.78 is 21.1. The lowest BCUT2D eigenvalue weighted by molar-refractivity contribution is -0.142. The van der Waals surface area contributed by atoms with Crippen LogP contribution in [0.25, 0.3) is 0 Å². The van der Waals surface area contributed by atoms with Crippen LogP contribution in [0.15, 0.2) is 40.9 Å². The van der Waals surface area contributed by atoms with Crippen LogP contribution in [0.1, 0.15) is 49.3 Å². The number of ether oxygens (including phenoxy) is 1. The Labute approximate surface area is 197 Å². The molecule has 1 N–H and O–H groups in total. The minimum absolute atomic E-state index is 0.00743. The molecule has 1 aliphatic rings. The predicted molar refractivity (Wildman–Crippen MR) is 126 cm³/mol. The number of benzene rings is 2. The van der Waals surface area contributed by atoms with Gasteiger partial charge in [0.1, 0.15) is 17.6 Å². The predicted octanol–water partition coefficient (Wildman–Crippen LogP) is 5.06. The number of hydrogen-bond donors (Lipinski definition) is 1. The molecular formula is C25H30BrFN2O3. The van der Waals surface area contributed by atoms with Crippen LogP contribution in [0.2, 0.25) is 0 Å². The van der Waals surface area contributed by atoms with Crippen molar-refractivity contribution in [1.82, 2.24) is 10.2 Å². The highest BCUT2D eigenvalue weighted by Crippen LogP contribution is 2.26. The molecule has 0 bridgehead atoms. The van der Waals surface area contributed by atoms with Gasteiger partial charge in [0, 0.05) is 22.6 Å². The maximum absolute atomic E-state index is 14.3. The van der Waals surface area contributed by atoms with Crippen molar-refractivity contribution in [3.63, 3.8) is 0 Å². The highest BCUT2D eigenvalue weighted by Gasteiger charge is 2.29. The first-order valence-corrected chi connectivity index (χ1v) is 11.8. The molecule has 0 radical (unpaired) electrons. The highest BCUT2D eigenvalue weighted by molar-refractivity contribution is 9.10. The van der Waals surface area contributed by atoms with E-state index in [1.807, 2.05) is 26.0 Å². The minimum Gasteiger partial charge on any atom is -0.484 e. The van der Waals surface area contributed by atoms with Gasteiger partial charge >= 0.3 is 0 Å². The first kappa shape index (κ1) is 24.2. The van der Waals surface area contributed by atoms with Crippen LogP contribution in [0.5, 0.6) is 5.75 Å². The van der Waals surface area contributed by atoms with Crippen LogP contribution in [0.4, 0.5) is 4.39 Å².